The summed E-state index contributed by atoms with van der Waals surface area (Å²) in [6, 6.07) is 5.39. The quantitative estimate of drug-likeness (QED) is 0.509. The molecule has 70 valence electrons. The smallest absolute Gasteiger partial charge is 0.165 e. The van der Waals surface area contributed by atoms with Crippen molar-refractivity contribution in [3.8, 4) is 0 Å². The fourth-order valence-electron chi connectivity index (χ4n) is 0.952. The zero-order valence-corrected chi connectivity index (χ0v) is 9.99. The first kappa shape index (κ1) is 11.1. The SMILES string of the molecule is O=C(CCCl)c1cc(Br)ccc1S. The van der Waals surface area contributed by atoms with Crippen LogP contribution in [0.25, 0.3) is 0 Å². The van der Waals surface area contributed by atoms with Crippen LogP contribution in [-0.2, 0) is 0 Å². The normalized spacial score (nSPS) is 10.1. The van der Waals surface area contributed by atoms with Crippen molar-refractivity contribution in [2.45, 2.75) is 11.3 Å². The van der Waals surface area contributed by atoms with E-state index in [1.54, 1.807) is 12.1 Å². The predicted molar refractivity (Wildman–Crippen MR) is 61.1 cm³/mol. The van der Waals surface area contributed by atoms with Crippen molar-refractivity contribution >= 4 is 45.9 Å². The molecule has 0 N–H and O–H groups in total. The van der Waals surface area contributed by atoms with Gasteiger partial charge in [-0.2, -0.15) is 0 Å². The fraction of sp³-hybridized carbons (Fsp3) is 0.222. The molecule has 0 aliphatic heterocycles. The van der Waals surface area contributed by atoms with E-state index in [9.17, 15) is 4.79 Å². The third kappa shape index (κ3) is 3.01. The number of carbonyl (C=O) groups is 1. The lowest BCUT2D eigenvalue weighted by molar-refractivity contribution is 0.0986. The van der Waals surface area contributed by atoms with E-state index in [-0.39, 0.29) is 5.78 Å². The monoisotopic (exact) mass is 278 g/mol. The first-order valence-electron chi connectivity index (χ1n) is 3.73. The van der Waals surface area contributed by atoms with E-state index in [4.69, 9.17) is 11.6 Å². The predicted octanol–water partition coefficient (Wildman–Crippen LogP) is 3.55. The number of thiol groups is 1. The molecule has 1 aromatic carbocycles. The summed E-state index contributed by atoms with van der Waals surface area (Å²) in [4.78, 5) is 12.2. The van der Waals surface area contributed by atoms with E-state index in [1.165, 1.54) is 0 Å². The molecule has 0 aliphatic rings. The standard InChI is InChI=1S/C9H8BrClOS/c10-6-1-2-9(13)7(5-6)8(12)3-4-11/h1-2,5,13H,3-4H2. The van der Waals surface area contributed by atoms with E-state index in [0.29, 0.717) is 22.8 Å². The minimum atomic E-state index is 0.0290. The van der Waals surface area contributed by atoms with Gasteiger partial charge in [0.05, 0.1) is 0 Å². The minimum Gasteiger partial charge on any atom is -0.294 e. The Bertz CT molecular complexity index is 327. The zero-order chi connectivity index (χ0) is 9.84. The average Bonchev–Trinajstić information content (AvgIpc) is 2.09. The van der Waals surface area contributed by atoms with Crippen LogP contribution in [0.15, 0.2) is 27.6 Å². The molecule has 13 heavy (non-hydrogen) atoms. The van der Waals surface area contributed by atoms with Crippen LogP contribution < -0.4 is 0 Å². The highest BCUT2D eigenvalue weighted by Crippen LogP contribution is 2.20. The summed E-state index contributed by atoms with van der Waals surface area (Å²) in [5.74, 6) is 0.375. The molecule has 0 unspecified atom stereocenters. The first-order chi connectivity index (χ1) is 6.15. The van der Waals surface area contributed by atoms with Crippen molar-refractivity contribution in [1.82, 2.24) is 0 Å². The molecule has 0 saturated heterocycles. The molecule has 0 heterocycles. The Kier molecular flexibility index (Phi) is 4.29. The number of alkyl halides is 1. The number of hydrogen-bond acceptors (Lipinski definition) is 2. The van der Waals surface area contributed by atoms with Gasteiger partial charge in [-0.05, 0) is 18.2 Å². The van der Waals surface area contributed by atoms with Gasteiger partial charge in [-0.3, -0.25) is 4.79 Å². The van der Waals surface area contributed by atoms with Crippen molar-refractivity contribution in [1.29, 1.82) is 0 Å². The molecule has 0 spiro atoms. The highest BCUT2D eigenvalue weighted by molar-refractivity contribution is 9.10. The molecule has 1 nitrogen and oxygen atoms in total. The number of halogens is 2. The lowest BCUT2D eigenvalue weighted by atomic mass is 10.1. The van der Waals surface area contributed by atoms with Gasteiger partial charge in [0.25, 0.3) is 0 Å². The molecule has 0 radical (unpaired) electrons. The first-order valence-corrected chi connectivity index (χ1v) is 5.50. The van der Waals surface area contributed by atoms with E-state index in [0.717, 1.165) is 4.47 Å². The summed E-state index contributed by atoms with van der Waals surface area (Å²) >= 11 is 13.0. The van der Waals surface area contributed by atoms with Crippen LogP contribution >= 0.6 is 40.2 Å². The Morgan fingerprint density at radius 3 is 2.85 bits per heavy atom. The molecule has 0 bridgehead atoms. The molecule has 0 saturated carbocycles. The third-order valence-corrected chi connectivity index (χ3v) is 2.65. The Labute approximate surface area is 96.0 Å². The number of carbonyl (C=O) groups excluding carboxylic acids is 1. The van der Waals surface area contributed by atoms with Crippen molar-refractivity contribution in [2.24, 2.45) is 0 Å². The van der Waals surface area contributed by atoms with Gasteiger partial charge in [-0.1, -0.05) is 15.9 Å². The van der Waals surface area contributed by atoms with Crippen molar-refractivity contribution in [3.05, 3.63) is 28.2 Å². The Morgan fingerprint density at radius 2 is 2.23 bits per heavy atom. The Morgan fingerprint density at radius 1 is 1.54 bits per heavy atom. The maximum absolute atomic E-state index is 11.5. The molecule has 0 aromatic heterocycles. The summed E-state index contributed by atoms with van der Waals surface area (Å²) in [5.41, 5.74) is 0.623. The van der Waals surface area contributed by atoms with Crippen LogP contribution in [0.2, 0.25) is 0 Å². The molecule has 4 heteroatoms. The van der Waals surface area contributed by atoms with E-state index in [2.05, 4.69) is 28.6 Å². The van der Waals surface area contributed by atoms with Crippen LogP contribution in [0.4, 0.5) is 0 Å². The van der Waals surface area contributed by atoms with Gasteiger partial charge in [0.2, 0.25) is 0 Å². The van der Waals surface area contributed by atoms with Crippen LogP contribution in [0.3, 0.4) is 0 Å². The molecule has 0 amide bonds. The maximum atomic E-state index is 11.5. The number of benzene rings is 1. The van der Waals surface area contributed by atoms with Crippen molar-refractivity contribution < 1.29 is 4.79 Å². The van der Waals surface area contributed by atoms with Gasteiger partial charge in [0.15, 0.2) is 5.78 Å². The largest absolute Gasteiger partial charge is 0.294 e. The molecule has 1 aromatic rings. The van der Waals surface area contributed by atoms with E-state index >= 15 is 0 Å². The summed E-state index contributed by atoms with van der Waals surface area (Å²) < 4.78 is 0.878. The van der Waals surface area contributed by atoms with Gasteiger partial charge >= 0.3 is 0 Å². The lowest BCUT2D eigenvalue weighted by Crippen LogP contribution is -2.00. The third-order valence-electron chi connectivity index (χ3n) is 1.58. The molecule has 0 aliphatic carbocycles. The van der Waals surface area contributed by atoms with Gasteiger partial charge in [0, 0.05) is 27.2 Å². The Balaban J connectivity index is 2.99. The van der Waals surface area contributed by atoms with Crippen LogP contribution in [0, 0.1) is 0 Å². The van der Waals surface area contributed by atoms with Gasteiger partial charge in [-0.15, -0.1) is 24.2 Å². The average molecular weight is 280 g/mol. The highest BCUT2D eigenvalue weighted by atomic mass is 79.9. The summed E-state index contributed by atoms with van der Waals surface area (Å²) in [7, 11) is 0. The minimum absolute atomic E-state index is 0.0290. The second-order valence-corrected chi connectivity index (χ2v) is 4.30. The van der Waals surface area contributed by atoms with Crippen LogP contribution in [0.5, 0.6) is 0 Å². The highest BCUT2D eigenvalue weighted by Gasteiger charge is 2.08. The molecule has 0 atom stereocenters. The molecule has 0 fully saturated rings. The van der Waals surface area contributed by atoms with Crippen LogP contribution in [0.1, 0.15) is 16.8 Å². The Hall–Kier alpha value is 0.01000. The number of rotatable bonds is 3. The van der Waals surface area contributed by atoms with Crippen molar-refractivity contribution in [3.63, 3.8) is 0 Å². The van der Waals surface area contributed by atoms with Gasteiger partial charge in [-0.25, -0.2) is 0 Å². The number of ketones is 1. The lowest BCUT2D eigenvalue weighted by Gasteiger charge is -2.02. The fourth-order valence-corrected chi connectivity index (χ4v) is 1.75. The van der Waals surface area contributed by atoms with Crippen LogP contribution in [-0.4, -0.2) is 11.7 Å². The van der Waals surface area contributed by atoms with Gasteiger partial charge < -0.3 is 0 Å². The summed E-state index contributed by atoms with van der Waals surface area (Å²) in [5, 5.41) is 0. The molecule has 1 rings (SSSR count). The number of Topliss-reactive ketones (excluding diaryl/α,β-unsaturated/α-hetero) is 1. The van der Waals surface area contributed by atoms with Gasteiger partial charge in [0.1, 0.15) is 0 Å². The van der Waals surface area contributed by atoms with E-state index in [1.807, 2.05) is 6.07 Å². The van der Waals surface area contributed by atoms with Crippen molar-refractivity contribution in [2.75, 3.05) is 5.88 Å². The summed E-state index contributed by atoms with van der Waals surface area (Å²) in [6.07, 6.45) is 0.353. The van der Waals surface area contributed by atoms with E-state index < -0.39 is 0 Å². The second kappa shape index (κ2) is 5.03. The maximum Gasteiger partial charge on any atom is 0.165 e. The topological polar surface area (TPSA) is 17.1 Å². The second-order valence-electron chi connectivity index (χ2n) is 2.52. The molecular formula is C9H8BrClOS. The molecular weight excluding hydrogens is 272 g/mol. The zero-order valence-electron chi connectivity index (χ0n) is 6.76. The number of hydrogen-bond donors (Lipinski definition) is 1. The summed E-state index contributed by atoms with van der Waals surface area (Å²) in [6.45, 7) is 0.